The van der Waals surface area contributed by atoms with Crippen molar-refractivity contribution in [2.75, 3.05) is 17.6 Å². The van der Waals surface area contributed by atoms with E-state index in [4.69, 9.17) is 10.8 Å². The van der Waals surface area contributed by atoms with Crippen molar-refractivity contribution >= 4 is 40.9 Å². The maximum absolute atomic E-state index is 11.7. The van der Waals surface area contributed by atoms with Gasteiger partial charge in [0.1, 0.15) is 5.92 Å². The molecule has 1 rings (SSSR count). The molecule has 0 spiro atoms. The predicted octanol–water partition coefficient (Wildman–Crippen LogP) is 0.797. The third kappa shape index (κ3) is 5.01. The first-order valence-corrected chi connectivity index (χ1v) is 5.91. The number of nitrogens with two attached hydrogens (primary N) is 1. The van der Waals surface area contributed by atoms with Crippen LogP contribution in [0.15, 0.2) is 24.3 Å². The third-order valence-electron chi connectivity index (χ3n) is 2.44. The molecule has 0 radical (unpaired) electrons. The lowest BCUT2D eigenvalue weighted by atomic mass is 10.0. The van der Waals surface area contributed by atoms with Crippen LogP contribution in [-0.2, 0) is 14.4 Å². The number of carboxylic acids is 1. The van der Waals surface area contributed by atoms with Gasteiger partial charge in [-0.3, -0.25) is 14.4 Å². The monoisotopic (exact) mass is 282 g/mol. The van der Waals surface area contributed by atoms with Crippen LogP contribution in [0.5, 0.6) is 0 Å². The van der Waals surface area contributed by atoms with Gasteiger partial charge in [0.05, 0.1) is 6.54 Å². The highest BCUT2D eigenvalue weighted by Gasteiger charge is 2.27. The molecule has 0 aliphatic rings. The zero-order valence-electron chi connectivity index (χ0n) is 10.00. The van der Waals surface area contributed by atoms with Crippen molar-refractivity contribution < 1.29 is 19.5 Å². The summed E-state index contributed by atoms with van der Waals surface area (Å²) in [5.41, 5.74) is 6.73. The molecule has 0 bridgehead atoms. The van der Waals surface area contributed by atoms with Crippen LogP contribution in [0.3, 0.4) is 0 Å². The van der Waals surface area contributed by atoms with E-state index >= 15 is 0 Å². The standard InChI is InChI=1S/C12H14N2O4S/c13-7-1-3-8(4-2-7)14-6-10(15)9(12(17)18)5-11(16)19/h1-4,9,14H,5-6,13H2,(H,16,19)(H,17,18). The lowest BCUT2D eigenvalue weighted by Crippen LogP contribution is -2.30. The third-order valence-corrected chi connectivity index (χ3v) is 2.63. The van der Waals surface area contributed by atoms with Crippen LogP contribution in [0.1, 0.15) is 6.42 Å². The van der Waals surface area contributed by atoms with Crippen molar-refractivity contribution in [2.45, 2.75) is 6.42 Å². The summed E-state index contributed by atoms with van der Waals surface area (Å²) in [6.45, 7) is -0.179. The minimum absolute atomic E-state index is 0.179. The topological polar surface area (TPSA) is 109 Å². The van der Waals surface area contributed by atoms with Crippen LogP contribution in [0, 0.1) is 5.92 Å². The number of benzene rings is 1. The highest BCUT2D eigenvalue weighted by atomic mass is 32.1. The van der Waals surface area contributed by atoms with Gasteiger partial charge in [0, 0.05) is 17.8 Å². The number of anilines is 2. The molecule has 0 aromatic heterocycles. The minimum atomic E-state index is -1.37. The Bertz CT molecular complexity index is 487. The number of hydrogen-bond acceptors (Lipinski definition) is 5. The van der Waals surface area contributed by atoms with E-state index in [2.05, 4.69) is 17.9 Å². The molecule has 1 aromatic rings. The van der Waals surface area contributed by atoms with E-state index in [1.54, 1.807) is 24.3 Å². The lowest BCUT2D eigenvalue weighted by Gasteiger charge is -2.11. The van der Waals surface area contributed by atoms with E-state index in [9.17, 15) is 14.4 Å². The summed E-state index contributed by atoms with van der Waals surface area (Å²) >= 11 is 3.49. The summed E-state index contributed by atoms with van der Waals surface area (Å²) < 4.78 is 0. The molecule has 4 N–H and O–H groups in total. The molecule has 7 heteroatoms. The number of aliphatic carboxylic acids is 1. The zero-order chi connectivity index (χ0) is 14.4. The van der Waals surface area contributed by atoms with Gasteiger partial charge >= 0.3 is 5.97 Å². The van der Waals surface area contributed by atoms with Gasteiger partial charge in [0.15, 0.2) is 10.9 Å². The average molecular weight is 282 g/mol. The van der Waals surface area contributed by atoms with Gasteiger partial charge in [-0.05, 0) is 24.3 Å². The normalized spacial score (nSPS) is 11.6. The van der Waals surface area contributed by atoms with E-state index in [-0.39, 0.29) is 6.54 Å². The Morgan fingerprint density at radius 3 is 2.32 bits per heavy atom. The first-order chi connectivity index (χ1) is 8.90. The molecular formula is C12H14N2O4S. The summed E-state index contributed by atoms with van der Waals surface area (Å²) in [5.74, 6) is -3.27. The molecule has 6 nitrogen and oxygen atoms in total. The second-order valence-corrected chi connectivity index (χ2v) is 4.43. The summed E-state index contributed by atoms with van der Waals surface area (Å²) in [7, 11) is 0. The molecule has 0 aliphatic carbocycles. The fourth-order valence-electron chi connectivity index (χ4n) is 1.43. The quantitative estimate of drug-likeness (QED) is 0.334. The Morgan fingerprint density at radius 2 is 1.84 bits per heavy atom. The van der Waals surface area contributed by atoms with Crippen LogP contribution < -0.4 is 11.1 Å². The number of rotatable bonds is 7. The highest BCUT2D eigenvalue weighted by Crippen LogP contribution is 2.12. The molecule has 1 unspecified atom stereocenters. The summed E-state index contributed by atoms with van der Waals surface area (Å²) in [6.07, 6.45) is -0.416. The first kappa shape index (κ1) is 15.0. The number of thiol groups is 1. The number of ketones is 1. The van der Waals surface area contributed by atoms with Gasteiger partial charge in [-0.1, -0.05) is 0 Å². The maximum Gasteiger partial charge on any atom is 0.314 e. The fraction of sp³-hybridized carbons (Fsp3) is 0.250. The summed E-state index contributed by atoms with van der Waals surface area (Å²) in [5, 5.41) is 11.0. The summed E-state index contributed by atoms with van der Waals surface area (Å²) in [4.78, 5) is 33.4. The van der Waals surface area contributed by atoms with Gasteiger partial charge in [-0.25, -0.2) is 0 Å². The SMILES string of the molecule is Nc1ccc(NCC(=O)C(CC(=O)S)C(=O)O)cc1. The van der Waals surface area contributed by atoms with E-state index in [1.807, 2.05) is 0 Å². The largest absolute Gasteiger partial charge is 0.481 e. The van der Waals surface area contributed by atoms with Crippen molar-refractivity contribution in [3.63, 3.8) is 0 Å². The predicted molar refractivity (Wildman–Crippen MR) is 74.1 cm³/mol. The molecule has 0 amide bonds. The Balaban J connectivity index is 2.59. The van der Waals surface area contributed by atoms with Crippen molar-refractivity contribution in [1.82, 2.24) is 0 Å². The zero-order valence-corrected chi connectivity index (χ0v) is 10.9. The molecule has 102 valence electrons. The van der Waals surface area contributed by atoms with Gasteiger partial charge in [-0.15, -0.1) is 12.6 Å². The number of carboxylic acid groups (broad SMARTS) is 1. The Kier molecular flexibility index (Phi) is 5.37. The van der Waals surface area contributed by atoms with Gasteiger partial charge < -0.3 is 16.2 Å². The first-order valence-electron chi connectivity index (χ1n) is 5.47. The molecule has 0 fully saturated rings. The van der Waals surface area contributed by atoms with Crippen molar-refractivity contribution in [3.8, 4) is 0 Å². The van der Waals surface area contributed by atoms with Gasteiger partial charge in [0.25, 0.3) is 0 Å². The number of Topliss-reactive ketones (excluding diaryl/α,β-unsaturated/α-hetero) is 1. The Morgan fingerprint density at radius 1 is 1.26 bits per heavy atom. The van der Waals surface area contributed by atoms with Crippen molar-refractivity contribution in [1.29, 1.82) is 0 Å². The molecule has 19 heavy (non-hydrogen) atoms. The smallest absolute Gasteiger partial charge is 0.314 e. The van der Waals surface area contributed by atoms with Crippen LogP contribution >= 0.6 is 12.6 Å². The second-order valence-electron chi connectivity index (χ2n) is 3.93. The lowest BCUT2D eigenvalue weighted by molar-refractivity contribution is -0.147. The van der Waals surface area contributed by atoms with Gasteiger partial charge in [0.2, 0.25) is 0 Å². The molecule has 1 atom stereocenters. The van der Waals surface area contributed by atoms with Crippen LogP contribution in [0.25, 0.3) is 0 Å². The Labute approximate surface area is 115 Å². The summed E-state index contributed by atoms with van der Waals surface area (Å²) in [6, 6.07) is 6.64. The fourth-order valence-corrected chi connectivity index (χ4v) is 1.61. The number of hydrogen-bond donors (Lipinski definition) is 4. The van der Waals surface area contributed by atoms with E-state index < -0.39 is 29.2 Å². The highest BCUT2D eigenvalue weighted by molar-refractivity contribution is 7.96. The number of nitrogen functional groups attached to an aromatic ring is 1. The number of carbonyl (C=O) groups is 3. The Hall–Kier alpha value is -2.02. The molecule has 0 heterocycles. The maximum atomic E-state index is 11.7. The second kappa shape index (κ2) is 6.79. The number of carbonyl (C=O) groups excluding carboxylic acids is 2. The van der Waals surface area contributed by atoms with Crippen LogP contribution in [0.2, 0.25) is 0 Å². The van der Waals surface area contributed by atoms with E-state index in [0.717, 1.165) is 0 Å². The molecule has 0 aliphatic heterocycles. The molecule has 1 aromatic carbocycles. The number of nitrogens with one attached hydrogen (secondary N) is 1. The minimum Gasteiger partial charge on any atom is -0.481 e. The average Bonchev–Trinajstić information content (AvgIpc) is 2.34. The van der Waals surface area contributed by atoms with Crippen LogP contribution in [-0.4, -0.2) is 28.5 Å². The molecule has 0 saturated heterocycles. The van der Waals surface area contributed by atoms with E-state index in [0.29, 0.717) is 11.4 Å². The van der Waals surface area contributed by atoms with Crippen LogP contribution in [0.4, 0.5) is 11.4 Å². The molecular weight excluding hydrogens is 268 g/mol. The van der Waals surface area contributed by atoms with Crippen molar-refractivity contribution in [3.05, 3.63) is 24.3 Å². The van der Waals surface area contributed by atoms with Gasteiger partial charge in [-0.2, -0.15) is 0 Å². The van der Waals surface area contributed by atoms with E-state index in [1.165, 1.54) is 0 Å². The van der Waals surface area contributed by atoms with Crippen molar-refractivity contribution in [2.24, 2.45) is 5.92 Å². The molecule has 0 saturated carbocycles.